The summed E-state index contributed by atoms with van der Waals surface area (Å²) in [6.07, 6.45) is 1.77. The molecule has 0 unspecified atom stereocenters. The third kappa shape index (κ3) is 3.34. The van der Waals surface area contributed by atoms with Gasteiger partial charge in [0, 0.05) is 32.4 Å². The first-order valence-corrected chi connectivity index (χ1v) is 8.14. The minimum Gasteiger partial charge on any atom is -0.465 e. The second kappa shape index (κ2) is 6.78. The van der Waals surface area contributed by atoms with Crippen molar-refractivity contribution >= 4 is 29.0 Å². The summed E-state index contributed by atoms with van der Waals surface area (Å²) in [6.45, 7) is 2.78. The number of anilines is 1. The number of rotatable bonds is 3. The Morgan fingerprint density at radius 2 is 1.83 bits per heavy atom. The lowest BCUT2D eigenvalue weighted by Crippen LogP contribution is -2.48. The summed E-state index contributed by atoms with van der Waals surface area (Å²) in [4.78, 5) is 33.3. The predicted octanol–water partition coefficient (Wildman–Crippen LogP) is 1.89. The molecule has 3 heterocycles. The van der Waals surface area contributed by atoms with E-state index in [4.69, 9.17) is 0 Å². The molecule has 0 atom stereocenters. The van der Waals surface area contributed by atoms with Crippen molar-refractivity contribution in [2.24, 2.45) is 0 Å². The Kier molecular flexibility index (Phi) is 4.57. The van der Waals surface area contributed by atoms with Gasteiger partial charge in [0.05, 0.1) is 12.0 Å². The minimum atomic E-state index is -0.408. The summed E-state index contributed by atoms with van der Waals surface area (Å²) in [6, 6.07) is 9.14. The topological polar surface area (TPSA) is 62.7 Å². The zero-order valence-corrected chi connectivity index (χ0v) is 13.6. The normalized spacial score (nSPS) is 14.7. The van der Waals surface area contributed by atoms with Gasteiger partial charge in [-0.2, -0.15) is 0 Å². The van der Waals surface area contributed by atoms with Crippen molar-refractivity contribution in [1.82, 2.24) is 9.88 Å². The van der Waals surface area contributed by atoms with Gasteiger partial charge in [-0.3, -0.25) is 4.79 Å². The van der Waals surface area contributed by atoms with Crippen LogP contribution in [0.5, 0.6) is 0 Å². The third-order valence-electron chi connectivity index (χ3n) is 3.74. The van der Waals surface area contributed by atoms with Crippen LogP contribution in [0.4, 0.5) is 5.82 Å². The number of thiophene rings is 1. The smallest absolute Gasteiger partial charge is 0.348 e. The molecule has 2 aromatic rings. The first-order valence-electron chi connectivity index (χ1n) is 7.32. The number of hydrogen-bond donors (Lipinski definition) is 0. The van der Waals surface area contributed by atoms with Crippen molar-refractivity contribution in [3.8, 4) is 0 Å². The molecule has 1 aliphatic heterocycles. The van der Waals surface area contributed by atoms with Crippen molar-refractivity contribution in [2.45, 2.75) is 0 Å². The number of hydrogen-bond acceptors (Lipinski definition) is 6. The number of ether oxygens (including phenoxy) is 1. The van der Waals surface area contributed by atoms with E-state index < -0.39 is 5.97 Å². The molecule has 0 aromatic carbocycles. The predicted molar refractivity (Wildman–Crippen MR) is 88.0 cm³/mol. The van der Waals surface area contributed by atoms with Gasteiger partial charge < -0.3 is 14.5 Å². The fraction of sp³-hybridized carbons (Fsp3) is 0.312. The van der Waals surface area contributed by atoms with Crippen molar-refractivity contribution in [2.75, 3.05) is 38.2 Å². The minimum absolute atomic E-state index is 0.0363. The van der Waals surface area contributed by atoms with Crippen LogP contribution in [0.15, 0.2) is 36.5 Å². The summed E-state index contributed by atoms with van der Waals surface area (Å²) in [5.74, 6) is 0.489. The molecule has 0 saturated carbocycles. The lowest BCUT2D eigenvalue weighted by atomic mass is 10.3. The van der Waals surface area contributed by atoms with Crippen molar-refractivity contribution < 1.29 is 14.3 Å². The third-order valence-corrected chi connectivity index (χ3v) is 4.80. The second-order valence-electron chi connectivity index (χ2n) is 5.12. The second-order valence-corrected chi connectivity index (χ2v) is 6.21. The summed E-state index contributed by atoms with van der Waals surface area (Å²) in [5, 5.41) is 0. The maximum atomic E-state index is 12.5. The molecule has 0 aliphatic carbocycles. The molecule has 0 spiro atoms. The van der Waals surface area contributed by atoms with Crippen molar-refractivity contribution in [3.63, 3.8) is 0 Å². The molecule has 7 heteroatoms. The van der Waals surface area contributed by atoms with Gasteiger partial charge in [0.15, 0.2) is 0 Å². The Morgan fingerprint density at radius 3 is 2.48 bits per heavy atom. The molecule has 0 bridgehead atoms. The van der Waals surface area contributed by atoms with E-state index in [-0.39, 0.29) is 5.91 Å². The van der Waals surface area contributed by atoms with Crippen LogP contribution in [0.25, 0.3) is 0 Å². The van der Waals surface area contributed by atoms with Gasteiger partial charge in [-0.25, -0.2) is 9.78 Å². The number of carbonyl (C=O) groups is 2. The molecule has 1 amide bonds. The highest BCUT2D eigenvalue weighted by Crippen LogP contribution is 2.21. The van der Waals surface area contributed by atoms with Gasteiger partial charge in [-0.15, -0.1) is 11.3 Å². The first kappa shape index (κ1) is 15.5. The molecule has 6 nitrogen and oxygen atoms in total. The van der Waals surface area contributed by atoms with Crippen LogP contribution in [-0.2, 0) is 4.74 Å². The van der Waals surface area contributed by atoms with Gasteiger partial charge >= 0.3 is 5.97 Å². The number of pyridine rings is 1. The SMILES string of the molecule is COC(=O)c1ccc(C(=O)N2CCN(c3ccccn3)CC2)s1. The number of piperazine rings is 1. The average molecular weight is 331 g/mol. The number of nitrogens with zero attached hydrogens (tertiary/aromatic N) is 3. The number of amides is 1. The zero-order valence-electron chi connectivity index (χ0n) is 12.8. The van der Waals surface area contributed by atoms with Crippen LogP contribution in [0.2, 0.25) is 0 Å². The first-order chi connectivity index (χ1) is 11.2. The van der Waals surface area contributed by atoms with Gasteiger partial charge in [0.25, 0.3) is 5.91 Å². The lowest BCUT2D eigenvalue weighted by molar-refractivity contribution is 0.0606. The fourth-order valence-corrected chi connectivity index (χ4v) is 3.39. The maximum absolute atomic E-state index is 12.5. The molecule has 1 aliphatic rings. The molecule has 3 rings (SSSR count). The van der Waals surface area contributed by atoms with E-state index in [0.717, 1.165) is 18.9 Å². The molecule has 1 saturated heterocycles. The summed E-state index contributed by atoms with van der Waals surface area (Å²) < 4.78 is 4.67. The van der Waals surface area contributed by atoms with Crippen LogP contribution < -0.4 is 4.90 Å². The van der Waals surface area contributed by atoms with Crippen LogP contribution in [0.3, 0.4) is 0 Å². The highest BCUT2D eigenvalue weighted by atomic mass is 32.1. The van der Waals surface area contributed by atoms with Crippen molar-refractivity contribution in [3.05, 3.63) is 46.3 Å². The van der Waals surface area contributed by atoms with Crippen LogP contribution in [0.1, 0.15) is 19.3 Å². The van der Waals surface area contributed by atoms with E-state index in [1.54, 1.807) is 18.3 Å². The Hall–Kier alpha value is -2.41. The largest absolute Gasteiger partial charge is 0.465 e. The highest BCUT2D eigenvalue weighted by molar-refractivity contribution is 7.15. The number of carbonyl (C=O) groups excluding carboxylic acids is 2. The van der Waals surface area contributed by atoms with Gasteiger partial charge in [0.2, 0.25) is 0 Å². The Labute approximate surface area is 138 Å². The standard InChI is InChI=1S/C16H17N3O3S/c1-22-16(21)13-6-5-12(23-13)15(20)19-10-8-18(9-11-19)14-4-2-3-7-17-14/h2-7H,8-11H2,1H3. The van der Waals surface area contributed by atoms with Crippen LogP contribution in [0, 0.1) is 0 Å². The van der Waals surface area contributed by atoms with Crippen molar-refractivity contribution in [1.29, 1.82) is 0 Å². The summed E-state index contributed by atoms with van der Waals surface area (Å²) in [5.41, 5.74) is 0. The summed E-state index contributed by atoms with van der Waals surface area (Å²) >= 11 is 1.17. The molecule has 120 valence electrons. The van der Waals surface area contributed by atoms with Crippen LogP contribution >= 0.6 is 11.3 Å². The van der Waals surface area contributed by atoms with E-state index in [2.05, 4.69) is 14.6 Å². The monoisotopic (exact) mass is 331 g/mol. The van der Waals surface area contributed by atoms with E-state index in [1.165, 1.54) is 18.4 Å². The molecular weight excluding hydrogens is 314 g/mol. The molecule has 23 heavy (non-hydrogen) atoms. The Balaban J connectivity index is 1.62. The lowest BCUT2D eigenvalue weighted by Gasteiger charge is -2.35. The fourth-order valence-electron chi connectivity index (χ4n) is 2.50. The average Bonchev–Trinajstić information content (AvgIpc) is 3.11. The quantitative estimate of drug-likeness (QED) is 0.804. The van der Waals surface area contributed by atoms with Gasteiger partial charge in [0.1, 0.15) is 10.7 Å². The Bertz CT molecular complexity index is 694. The zero-order chi connectivity index (χ0) is 16.2. The summed E-state index contributed by atoms with van der Waals surface area (Å²) in [7, 11) is 1.33. The number of esters is 1. The number of aromatic nitrogens is 1. The molecule has 2 aromatic heterocycles. The van der Waals surface area contributed by atoms with E-state index in [0.29, 0.717) is 22.8 Å². The molecule has 1 fully saturated rings. The molecular formula is C16H17N3O3S. The van der Waals surface area contributed by atoms with E-state index >= 15 is 0 Å². The van der Waals surface area contributed by atoms with Gasteiger partial charge in [-0.05, 0) is 24.3 Å². The van der Waals surface area contributed by atoms with Gasteiger partial charge in [-0.1, -0.05) is 6.07 Å². The number of methoxy groups -OCH3 is 1. The maximum Gasteiger partial charge on any atom is 0.348 e. The Morgan fingerprint density at radius 1 is 1.09 bits per heavy atom. The highest BCUT2D eigenvalue weighted by Gasteiger charge is 2.24. The molecule has 0 N–H and O–H groups in total. The van der Waals surface area contributed by atoms with Crippen LogP contribution in [-0.4, -0.2) is 55.0 Å². The molecule has 0 radical (unpaired) electrons. The van der Waals surface area contributed by atoms with E-state index in [9.17, 15) is 9.59 Å². The van der Waals surface area contributed by atoms with E-state index in [1.807, 2.05) is 23.1 Å².